The number of nitrogens with zero attached hydrogens (tertiary/aromatic N) is 3. The van der Waals surface area contributed by atoms with Gasteiger partial charge in [0.15, 0.2) is 9.84 Å². The van der Waals surface area contributed by atoms with Gasteiger partial charge in [0, 0.05) is 24.4 Å². The Morgan fingerprint density at radius 3 is 2.70 bits per heavy atom. The Bertz CT molecular complexity index is 1570. The number of alkyl halides is 3. The number of sulfone groups is 1. The SMILES string of the molecule is COc1ccc(S(C)(=O)=O)cc1NCC#Cc1cc(C(=O)NC2CCCN(C)C2)c2ncn(CC(F)(F)F)c2c1. The smallest absolute Gasteiger partial charge is 0.406 e. The minimum Gasteiger partial charge on any atom is -0.495 e. The first-order chi connectivity index (χ1) is 18.8. The van der Waals surface area contributed by atoms with E-state index in [1.165, 1.54) is 37.4 Å². The van der Waals surface area contributed by atoms with Crippen LogP contribution in [0, 0.1) is 11.8 Å². The number of ether oxygens (including phenoxy) is 1. The molecule has 1 aliphatic heterocycles. The zero-order valence-electron chi connectivity index (χ0n) is 22.3. The molecule has 40 heavy (non-hydrogen) atoms. The number of halogens is 3. The molecule has 4 rings (SSSR count). The third-order valence-electron chi connectivity index (χ3n) is 6.48. The van der Waals surface area contributed by atoms with Crippen molar-refractivity contribution in [3.05, 3.63) is 47.8 Å². The fourth-order valence-electron chi connectivity index (χ4n) is 4.62. The molecule has 3 aromatic rings. The third kappa shape index (κ3) is 7.25. The second-order valence-corrected chi connectivity index (χ2v) is 11.8. The minimum absolute atomic E-state index is 0.0688. The Labute approximate surface area is 230 Å². The van der Waals surface area contributed by atoms with Crippen molar-refractivity contribution in [3.8, 4) is 17.6 Å². The van der Waals surface area contributed by atoms with Crippen LogP contribution in [0.2, 0.25) is 0 Å². The molecule has 0 radical (unpaired) electrons. The first-order valence-corrected chi connectivity index (χ1v) is 14.4. The van der Waals surface area contributed by atoms with Crippen LogP contribution in [-0.2, 0) is 16.4 Å². The van der Waals surface area contributed by atoms with Gasteiger partial charge in [0.25, 0.3) is 5.91 Å². The number of anilines is 1. The summed E-state index contributed by atoms with van der Waals surface area (Å²) in [5.41, 5.74) is 1.20. The Morgan fingerprint density at radius 2 is 2.02 bits per heavy atom. The van der Waals surface area contributed by atoms with Gasteiger partial charge in [-0.3, -0.25) is 4.79 Å². The molecular formula is C27H30F3N5O4S. The second kappa shape index (κ2) is 11.8. The van der Waals surface area contributed by atoms with Crippen LogP contribution in [-0.4, -0.2) is 81.0 Å². The maximum Gasteiger partial charge on any atom is 0.406 e. The summed E-state index contributed by atoms with van der Waals surface area (Å²) in [5, 5.41) is 5.99. The van der Waals surface area contributed by atoms with Crippen LogP contribution in [0.25, 0.3) is 11.0 Å². The van der Waals surface area contributed by atoms with E-state index in [0.717, 1.165) is 36.5 Å². The number of likely N-dealkylation sites (tertiary alicyclic amines) is 1. The van der Waals surface area contributed by atoms with Crippen LogP contribution in [0.3, 0.4) is 0 Å². The van der Waals surface area contributed by atoms with Gasteiger partial charge < -0.3 is 24.8 Å². The lowest BCUT2D eigenvalue weighted by Crippen LogP contribution is -2.46. The number of piperidine rings is 1. The average molecular weight is 578 g/mol. The molecule has 2 aromatic carbocycles. The van der Waals surface area contributed by atoms with Gasteiger partial charge in [-0.05, 0) is 56.8 Å². The van der Waals surface area contributed by atoms with Crippen molar-refractivity contribution in [2.24, 2.45) is 0 Å². The highest BCUT2D eigenvalue weighted by atomic mass is 32.2. The van der Waals surface area contributed by atoms with Gasteiger partial charge in [-0.15, -0.1) is 0 Å². The molecule has 2 N–H and O–H groups in total. The molecule has 1 aliphatic rings. The lowest BCUT2D eigenvalue weighted by molar-refractivity contribution is -0.139. The molecule has 1 atom stereocenters. The van der Waals surface area contributed by atoms with Gasteiger partial charge >= 0.3 is 6.18 Å². The Balaban J connectivity index is 1.63. The van der Waals surface area contributed by atoms with Gasteiger partial charge in [0.2, 0.25) is 0 Å². The number of imidazole rings is 1. The van der Waals surface area contributed by atoms with Gasteiger partial charge in [-0.1, -0.05) is 11.8 Å². The number of methoxy groups -OCH3 is 1. The van der Waals surface area contributed by atoms with Crippen LogP contribution in [0.5, 0.6) is 5.75 Å². The number of hydrogen-bond acceptors (Lipinski definition) is 7. The quantitative estimate of drug-likeness (QED) is 0.415. The van der Waals surface area contributed by atoms with Crippen molar-refractivity contribution >= 4 is 32.5 Å². The van der Waals surface area contributed by atoms with Crippen molar-refractivity contribution in [1.82, 2.24) is 19.8 Å². The first-order valence-electron chi connectivity index (χ1n) is 12.5. The fraction of sp³-hybridized carbons (Fsp3) is 0.407. The molecule has 0 bridgehead atoms. The van der Waals surface area contributed by atoms with Crippen LogP contribution in [0.4, 0.5) is 18.9 Å². The molecule has 2 heterocycles. The van der Waals surface area contributed by atoms with E-state index in [-0.39, 0.29) is 34.1 Å². The number of aromatic nitrogens is 2. The standard InChI is InChI=1S/C27H30F3N5O4S/c1-34-11-5-7-19(15-34)33-26(36)21-12-18(13-23-25(21)32-17-35(23)16-27(28,29)30)6-4-10-31-22-14-20(40(3,37)38)8-9-24(22)39-2/h8-9,12-14,17,19,31H,5,7,10-11,15-16H2,1-3H3,(H,33,36). The number of fused-ring (bicyclic) bond motifs is 1. The van der Waals surface area contributed by atoms with E-state index in [4.69, 9.17) is 4.74 Å². The number of nitrogens with one attached hydrogen (secondary N) is 2. The van der Waals surface area contributed by atoms with E-state index >= 15 is 0 Å². The highest BCUT2D eigenvalue weighted by molar-refractivity contribution is 7.90. The zero-order chi connectivity index (χ0) is 29.1. The summed E-state index contributed by atoms with van der Waals surface area (Å²) >= 11 is 0. The normalized spacial score (nSPS) is 16.3. The summed E-state index contributed by atoms with van der Waals surface area (Å²) in [6, 6.07) is 7.29. The number of hydrogen-bond donors (Lipinski definition) is 2. The van der Waals surface area contributed by atoms with E-state index in [1.807, 2.05) is 7.05 Å². The molecule has 1 saturated heterocycles. The summed E-state index contributed by atoms with van der Waals surface area (Å²) < 4.78 is 69.7. The van der Waals surface area contributed by atoms with Gasteiger partial charge in [-0.2, -0.15) is 13.2 Å². The van der Waals surface area contributed by atoms with Crippen molar-refractivity contribution in [3.63, 3.8) is 0 Å². The number of benzene rings is 2. The van der Waals surface area contributed by atoms with Crippen LogP contribution in [0.15, 0.2) is 41.6 Å². The zero-order valence-corrected chi connectivity index (χ0v) is 23.1. The summed E-state index contributed by atoms with van der Waals surface area (Å²) in [6.45, 7) is 0.417. The lowest BCUT2D eigenvalue weighted by Gasteiger charge is -2.30. The van der Waals surface area contributed by atoms with E-state index in [1.54, 1.807) is 0 Å². The summed E-state index contributed by atoms with van der Waals surface area (Å²) in [5.74, 6) is 5.77. The van der Waals surface area contributed by atoms with Gasteiger partial charge in [0.1, 0.15) is 17.8 Å². The number of carbonyl (C=O) groups is 1. The van der Waals surface area contributed by atoms with E-state index in [2.05, 4.69) is 32.4 Å². The molecule has 0 spiro atoms. The minimum atomic E-state index is -4.48. The highest BCUT2D eigenvalue weighted by Gasteiger charge is 2.29. The van der Waals surface area contributed by atoms with Crippen molar-refractivity contribution in [1.29, 1.82) is 0 Å². The van der Waals surface area contributed by atoms with Crippen LogP contribution >= 0.6 is 0 Å². The summed E-state index contributed by atoms with van der Waals surface area (Å²) in [6.07, 6.45) is -0.584. The second-order valence-electron chi connectivity index (χ2n) is 9.74. The number of likely N-dealkylation sites (N-methyl/N-ethyl adjacent to an activating group) is 1. The Kier molecular flexibility index (Phi) is 8.60. The van der Waals surface area contributed by atoms with Crippen molar-refractivity contribution in [2.75, 3.05) is 45.4 Å². The maximum atomic E-state index is 13.3. The lowest BCUT2D eigenvalue weighted by atomic mass is 10.0. The van der Waals surface area contributed by atoms with Crippen LogP contribution < -0.4 is 15.4 Å². The predicted molar refractivity (Wildman–Crippen MR) is 145 cm³/mol. The van der Waals surface area contributed by atoms with Crippen molar-refractivity contribution in [2.45, 2.75) is 36.5 Å². The van der Waals surface area contributed by atoms with Crippen molar-refractivity contribution < 1.29 is 31.1 Å². The molecule has 1 unspecified atom stereocenters. The van der Waals surface area contributed by atoms with E-state index in [9.17, 15) is 26.4 Å². The summed E-state index contributed by atoms with van der Waals surface area (Å²) in [7, 11) is -0.0308. The monoisotopic (exact) mass is 577 g/mol. The largest absolute Gasteiger partial charge is 0.495 e. The molecule has 214 valence electrons. The molecule has 13 heteroatoms. The Morgan fingerprint density at radius 1 is 1.25 bits per heavy atom. The third-order valence-corrected chi connectivity index (χ3v) is 7.59. The Hall–Kier alpha value is -3.76. The molecular weight excluding hydrogens is 547 g/mol. The predicted octanol–water partition coefficient (Wildman–Crippen LogP) is 3.30. The topological polar surface area (TPSA) is 106 Å². The van der Waals surface area contributed by atoms with Gasteiger partial charge in [-0.25, -0.2) is 13.4 Å². The first kappa shape index (κ1) is 29.2. The van der Waals surface area contributed by atoms with E-state index in [0.29, 0.717) is 23.5 Å². The molecule has 1 amide bonds. The average Bonchev–Trinajstić information content (AvgIpc) is 3.26. The number of rotatable bonds is 7. The number of carbonyl (C=O) groups excluding carboxylic acids is 1. The summed E-state index contributed by atoms with van der Waals surface area (Å²) in [4.78, 5) is 19.6. The molecule has 0 aliphatic carbocycles. The molecule has 1 fully saturated rings. The molecule has 9 nitrogen and oxygen atoms in total. The highest BCUT2D eigenvalue weighted by Crippen LogP contribution is 2.28. The van der Waals surface area contributed by atoms with Gasteiger partial charge in [0.05, 0.1) is 41.6 Å². The number of amides is 1. The fourth-order valence-corrected chi connectivity index (χ4v) is 5.26. The maximum absolute atomic E-state index is 13.3. The van der Waals surface area contributed by atoms with E-state index < -0.39 is 28.5 Å². The van der Waals surface area contributed by atoms with Crippen LogP contribution in [0.1, 0.15) is 28.8 Å². The molecule has 1 aromatic heterocycles. The molecule has 0 saturated carbocycles.